The first-order chi connectivity index (χ1) is 7.72. The number of hydrogen-bond donors (Lipinski definition) is 1. The highest BCUT2D eigenvalue weighted by molar-refractivity contribution is 5.31. The summed E-state index contributed by atoms with van der Waals surface area (Å²) < 4.78 is 7.03. The van der Waals surface area contributed by atoms with Crippen LogP contribution < -0.4 is 10.5 Å². The monoisotopic (exact) mass is 217 g/mol. The van der Waals surface area contributed by atoms with Crippen LogP contribution in [0.3, 0.4) is 0 Å². The molecule has 4 heteroatoms. The predicted octanol–water partition coefficient (Wildman–Crippen LogP) is 1.48. The van der Waals surface area contributed by atoms with E-state index in [9.17, 15) is 0 Å². The maximum absolute atomic E-state index is 6.13. The van der Waals surface area contributed by atoms with Crippen LogP contribution in [0, 0.1) is 0 Å². The lowest BCUT2D eigenvalue weighted by atomic mass is 10.1. The van der Waals surface area contributed by atoms with Gasteiger partial charge in [-0.25, -0.2) is 4.98 Å². The van der Waals surface area contributed by atoms with Gasteiger partial charge in [-0.15, -0.1) is 0 Å². The molecule has 0 saturated carbocycles. The number of hydrogen-bond acceptors (Lipinski definition) is 3. The van der Waals surface area contributed by atoms with E-state index in [-0.39, 0.29) is 6.04 Å². The lowest BCUT2D eigenvalue weighted by Crippen LogP contribution is -2.16. The molecule has 1 aromatic heterocycles. The van der Waals surface area contributed by atoms with Gasteiger partial charge in [0.2, 0.25) is 0 Å². The van der Waals surface area contributed by atoms with Crippen molar-refractivity contribution >= 4 is 0 Å². The first kappa shape index (κ1) is 10.7. The fourth-order valence-electron chi connectivity index (χ4n) is 1.64. The van der Waals surface area contributed by atoms with E-state index < -0.39 is 0 Å². The zero-order valence-corrected chi connectivity index (χ0v) is 9.42. The summed E-state index contributed by atoms with van der Waals surface area (Å²) in [5, 5.41) is 0. The Morgan fingerprint density at radius 3 is 2.50 bits per heavy atom. The van der Waals surface area contributed by atoms with Crippen LogP contribution in [-0.4, -0.2) is 16.7 Å². The molecule has 0 spiro atoms. The van der Waals surface area contributed by atoms with E-state index in [1.807, 2.05) is 42.1 Å². The maximum Gasteiger partial charge on any atom is 0.129 e. The molecular formula is C12H15N3O. The summed E-state index contributed by atoms with van der Waals surface area (Å²) in [5.41, 5.74) is 7.15. The molecule has 0 unspecified atom stereocenters. The smallest absolute Gasteiger partial charge is 0.129 e. The van der Waals surface area contributed by atoms with Crippen LogP contribution in [0.4, 0.5) is 0 Å². The van der Waals surface area contributed by atoms with Crippen molar-refractivity contribution in [3.05, 3.63) is 48.0 Å². The zero-order valence-electron chi connectivity index (χ0n) is 9.42. The molecule has 0 fully saturated rings. The molecule has 16 heavy (non-hydrogen) atoms. The molecule has 0 radical (unpaired) electrons. The number of aromatic nitrogens is 2. The largest absolute Gasteiger partial charge is 0.497 e. The predicted molar refractivity (Wildman–Crippen MR) is 62.2 cm³/mol. The Balaban J connectivity index is 2.27. The second kappa shape index (κ2) is 4.37. The molecule has 0 bridgehead atoms. The average Bonchev–Trinajstić information content (AvgIpc) is 2.75. The van der Waals surface area contributed by atoms with E-state index in [2.05, 4.69) is 4.98 Å². The summed E-state index contributed by atoms with van der Waals surface area (Å²) >= 11 is 0. The van der Waals surface area contributed by atoms with Gasteiger partial charge in [0, 0.05) is 19.4 Å². The number of ether oxygens (including phenoxy) is 1. The van der Waals surface area contributed by atoms with E-state index in [0.29, 0.717) is 0 Å². The van der Waals surface area contributed by atoms with Crippen molar-refractivity contribution in [3.63, 3.8) is 0 Å². The van der Waals surface area contributed by atoms with Crippen LogP contribution in [0.25, 0.3) is 0 Å². The normalized spacial score (nSPS) is 12.4. The standard InChI is InChI=1S/C12H15N3O/c1-15-8-7-14-12(15)11(13)9-3-5-10(16-2)6-4-9/h3-8,11H,13H2,1-2H3/t11-/m0/s1. The number of imidazole rings is 1. The molecule has 0 aliphatic carbocycles. The van der Waals surface area contributed by atoms with E-state index in [4.69, 9.17) is 10.5 Å². The molecule has 2 aromatic rings. The first-order valence-electron chi connectivity index (χ1n) is 5.09. The number of methoxy groups -OCH3 is 1. The topological polar surface area (TPSA) is 53.1 Å². The fraction of sp³-hybridized carbons (Fsp3) is 0.250. The van der Waals surface area contributed by atoms with Crippen LogP contribution in [0.15, 0.2) is 36.7 Å². The van der Waals surface area contributed by atoms with Gasteiger partial charge in [-0.1, -0.05) is 12.1 Å². The van der Waals surface area contributed by atoms with Gasteiger partial charge in [-0.05, 0) is 17.7 Å². The number of benzene rings is 1. The Morgan fingerprint density at radius 2 is 2.00 bits per heavy atom. The van der Waals surface area contributed by atoms with Crippen LogP contribution in [0.1, 0.15) is 17.4 Å². The highest BCUT2D eigenvalue weighted by Crippen LogP contribution is 2.20. The summed E-state index contributed by atoms with van der Waals surface area (Å²) in [6.07, 6.45) is 3.64. The van der Waals surface area contributed by atoms with Crippen LogP contribution >= 0.6 is 0 Å². The average molecular weight is 217 g/mol. The molecule has 0 aliphatic rings. The van der Waals surface area contributed by atoms with Crippen molar-refractivity contribution < 1.29 is 4.74 Å². The van der Waals surface area contributed by atoms with Crippen LogP contribution in [0.5, 0.6) is 5.75 Å². The van der Waals surface area contributed by atoms with Crippen LogP contribution in [0.2, 0.25) is 0 Å². The number of aryl methyl sites for hydroxylation is 1. The third kappa shape index (κ3) is 1.92. The Hall–Kier alpha value is -1.81. The highest BCUT2D eigenvalue weighted by atomic mass is 16.5. The van der Waals surface area contributed by atoms with Crippen molar-refractivity contribution in [2.45, 2.75) is 6.04 Å². The van der Waals surface area contributed by atoms with E-state index in [1.165, 1.54) is 0 Å². The lowest BCUT2D eigenvalue weighted by Gasteiger charge is -2.12. The van der Waals surface area contributed by atoms with Gasteiger partial charge in [0.15, 0.2) is 0 Å². The zero-order chi connectivity index (χ0) is 11.5. The third-order valence-electron chi connectivity index (χ3n) is 2.61. The molecule has 0 saturated heterocycles. The summed E-state index contributed by atoms with van der Waals surface area (Å²) in [7, 11) is 3.58. The first-order valence-corrected chi connectivity index (χ1v) is 5.09. The molecule has 2 N–H and O–H groups in total. The lowest BCUT2D eigenvalue weighted by molar-refractivity contribution is 0.414. The van der Waals surface area contributed by atoms with Gasteiger partial charge >= 0.3 is 0 Å². The minimum atomic E-state index is -0.203. The van der Waals surface area contributed by atoms with Gasteiger partial charge in [0.1, 0.15) is 11.6 Å². The fourth-order valence-corrected chi connectivity index (χ4v) is 1.64. The van der Waals surface area contributed by atoms with Gasteiger partial charge in [0.05, 0.1) is 13.2 Å². The van der Waals surface area contributed by atoms with Gasteiger partial charge in [-0.2, -0.15) is 0 Å². The summed E-state index contributed by atoms with van der Waals surface area (Å²) in [5.74, 6) is 1.68. The Kier molecular flexibility index (Phi) is 2.92. The Morgan fingerprint density at radius 1 is 1.31 bits per heavy atom. The van der Waals surface area contributed by atoms with E-state index >= 15 is 0 Å². The van der Waals surface area contributed by atoms with Gasteiger partial charge < -0.3 is 15.0 Å². The molecule has 1 heterocycles. The molecule has 4 nitrogen and oxygen atoms in total. The Labute approximate surface area is 94.7 Å². The maximum atomic E-state index is 6.13. The van der Waals surface area contributed by atoms with Crippen molar-refractivity contribution in [2.75, 3.05) is 7.11 Å². The van der Waals surface area contributed by atoms with Crippen molar-refractivity contribution in [2.24, 2.45) is 12.8 Å². The van der Waals surface area contributed by atoms with E-state index in [1.54, 1.807) is 13.3 Å². The van der Waals surface area contributed by atoms with Crippen molar-refractivity contribution in [3.8, 4) is 5.75 Å². The summed E-state index contributed by atoms with van der Waals surface area (Å²) in [6.45, 7) is 0. The molecule has 1 atom stereocenters. The van der Waals surface area contributed by atoms with Crippen LogP contribution in [-0.2, 0) is 7.05 Å². The second-order valence-corrected chi connectivity index (χ2v) is 3.65. The molecular weight excluding hydrogens is 202 g/mol. The summed E-state index contributed by atoms with van der Waals surface area (Å²) in [6, 6.07) is 7.51. The number of nitrogens with zero attached hydrogens (tertiary/aromatic N) is 2. The quantitative estimate of drug-likeness (QED) is 0.847. The Bertz CT molecular complexity index is 461. The van der Waals surface area contributed by atoms with Crippen molar-refractivity contribution in [1.29, 1.82) is 0 Å². The molecule has 0 amide bonds. The molecule has 84 valence electrons. The number of nitrogens with two attached hydrogens (primary N) is 1. The van der Waals surface area contributed by atoms with Gasteiger partial charge in [0.25, 0.3) is 0 Å². The molecule has 1 aromatic carbocycles. The summed E-state index contributed by atoms with van der Waals surface area (Å²) in [4.78, 5) is 4.24. The SMILES string of the molecule is COc1ccc([C@H](N)c2nccn2C)cc1. The molecule has 0 aliphatic heterocycles. The second-order valence-electron chi connectivity index (χ2n) is 3.65. The highest BCUT2D eigenvalue weighted by Gasteiger charge is 2.12. The van der Waals surface area contributed by atoms with Crippen molar-refractivity contribution in [1.82, 2.24) is 9.55 Å². The minimum absolute atomic E-state index is 0.203. The minimum Gasteiger partial charge on any atom is -0.497 e. The van der Waals surface area contributed by atoms with E-state index in [0.717, 1.165) is 17.1 Å². The molecule has 2 rings (SSSR count). The third-order valence-corrected chi connectivity index (χ3v) is 2.61. The number of rotatable bonds is 3. The van der Waals surface area contributed by atoms with Gasteiger partial charge in [-0.3, -0.25) is 0 Å².